The van der Waals surface area contributed by atoms with E-state index in [1.54, 1.807) is 0 Å². The standard InChI is InChI=1S/C16H19N3/c1-11-4-3-5-13(8-11)9-16-18-12(2)14-10-17-7-6-15(14)19-16/h3-5,8,17H,6-7,9-10H2,1-2H3. The van der Waals surface area contributed by atoms with E-state index in [9.17, 15) is 0 Å². The van der Waals surface area contributed by atoms with E-state index in [0.29, 0.717) is 0 Å². The van der Waals surface area contributed by atoms with Gasteiger partial charge in [0.1, 0.15) is 5.82 Å². The molecule has 3 heteroatoms. The second kappa shape index (κ2) is 5.10. The van der Waals surface area contributed by atoms with E-state index in [0.717, 1.165) is 37.4 Å². The highest BCUT2D eigenvalue weighted by Crippen LogP contribution is 2.16. The molecule has 1 aromatic heterocycles. The van der Waals surface area contributed by atoms with Crippen LogP contribution < -0.4 is 5.32 Å². The zero-order valence-corrected chi connectivity index (χ0v) is 11.5. The first kappa shape index (κ1) is 12.3. The predicted molar refractivity (Wildman–Crippen MR) is 76.2 cm³/mol. The van der Waals surface area contributed by atoms with Gasteiger partial charge in [0.2, 0.25) is 0 Å². The van der Waals surface area contributed by atoms with Crippen molar-refractivity contribution < 1.29 is 0 Å². The van der Waals surface area contributed by atoms with Gasteiger partial charge >= 0.3 is 0 Å². The molecule has 3 nitrogen and oxygen atoms in total. The summed E-state index contributed by atoms with van der Waals surface area (Å²) in [5.74, 6) is 0.948. The molecule has 0 saturated carbocycles. The molecule has 1 aromatic carbocycles. The third-order valence-electron chi connectivity index (χ3n) is 3.63. The zero-order valence-electron chi connectivity index (χ0n) is 11.5. The normalized spacial score (nSPS) is 14.2. The van der Waals surface area contributed by atoms with E-state index in [-0.39, 0.29) is 0 Å². The minimum atomic E-state index is 0.823. The van der Waals surface area contributed by atoms with Crippen molar-refractivity contribution in [1.29, 1.82) is 0 Å². The van der Waals surface area contributed by atoms with Gasteiger partial charge in [0.25, 0.3) is 0 Å². The van der Waals surface area contributed by atoms with E-state index in [1.165, 1.54) is 22.4 Å². The third-order valence-corrected chi connectivity index (χ3v) is 3.63. The van der Waals surface area contributed by atoms with Crippen LogP contribution in [-0.2, 0) is 19.4 Å². The fraction of sp³-hybridized carbons (Fsp3) is 0.375. The molecule has 2 aromatic rings. The highest BCUT2D eigenvalue weighted by atomic mass is 14.9. The second-order valence-corrected chi connectivity index (χ2v) is 5.24. The van der Waals surface area contributed by atoms with Crippen LogP contribution in [0.5, 0.6) is 0 Å². The molecule has 1 aliphatic heterocycles. The van der Waals surface area contributed by atoms with E-state index in [4.69, 9.17) is 4.98 Å². The van der Waals surface area contributed by atoms with Crippen LogP contribution in [0.3, 0.4) is 0 Å². The summed E-state index contributed by atoms with van der Waals surface area (Å²) in [6.45, 7) is 6.14. The van der Waals surface area contributed by atoms with Crippen LogP contribution in [0, 0.1) is 13.8 Å². The Bertz CT molecular complexity index is 605. The number of nitrogens with zero attached hydrogens (tertiary/aromatic N) is 2. The lowest BCUT2D eigenvalue weighted by Crippen LogP contribution is -2.26. The second-order valence-electron chi connectivity index (χ2n) is 5.24. The number of rotatable bonds is 2. The first-order chi connectivity index (χ1) is 9.22. The van der Waals surface area contributed by atoms with Gasteiger partial charge < -0.3 is 5.32 Å². The Hall–Kier alpha value is -1.74. The molecule has 19 heavy (non-hydrogen) atoms. The molecular formula is C16H19N3. The number of fused-ring (bicyclic) bond motifs is 1. The molecule has 1 aliphatic rings. The van der Waals surface area contributed by atoms with E-state index >= 15 is 0 Å². The van der Waals surface area contributed by atoms with Crippen LogP contribution in [0.2, 0.25) is 0 Å². The van der Waals surface area contributed by atoms with Crippen LogP contribution in [0.15, 0.2) is 24.3 Å². The monoisotopic (exact) mass is 253 g/mol. The van der Waals surface area contributed by atoms with Crippen molar-refractivity contribution in [1.82, 2.24) is 15.3 Å². The molecule has 0 spiro atoms. The van der Waals surface area contributed by atoms with E-state index < -0.39 is 0 Å². The summed E-state index contributed by atoms with van der Waals surface area (Å²) in [6.07, 6.45) is 1.84. The maximum atomic E-state index is 4.75. The number of hydrogen-bond donors (Lipinski definition) is 1. The molecule has 0 fully saturated rings. The van der Waals surface area contributed by atoms with Crippen LogP contribution >= 0.6 is 0 Å². The Labute approximate surface area is 114 Å². The fourth-order valence-corrected chi connectivity index (χ4v) is 2.66. The van der Waals surface area contributed by atoms with Crippen molar-refractivity contribution in [3.63, 3.8) is 0 Å². The molecule has 0 atom stereocenters. The molecule has 3 rings (SSSR count). The van der Waals surface area contributed by atoms with Crippen molar-refractivity contribution in [2.75, 3.05) is 6.54 Å². The van der Waals surface area contributed by atoms with Crippen LogP contribution in [0.25, 0.3) is 0 Å². The summed E-state index contributed by atoms with van der Waals surface area (Å²) in [7, 11) is 0. The predicted octanol–water partition coefficient (Wildman–Crippen LogP) is 2.33. The third kappa shape index (κ3) is 2.66. The number of hydrogen-bond acceptors (Lipinski definition) is 3. The molecule has 1 N–H and O–H groups in total. The smallest absolute Gasteiger partial charge is 0.133 e. The number of benzene rings is 1. The molecule has 0 unspecified atom stereocenters. The van der Waals surface area contributed by atoms with Crippen LogP contribution in [-0.4, -0.2) is 16.5 Å². The van der Waals surface area contributed by atoms with Crippen LogP contribution in [0.1, 0.15) is 33.9 Å². The minimum absolute atomic E-state index is 0.823. The maximum Gasteiger partial charge on any atom is 0.133 e. The highest BCUT2D eigenvalue weighted by molar-refractivity contribution is 5.30. The van der Waals surface area contributed by atoms with Crippen molar-refractivity contribution in [3.8, 4) is 0 Å². The molecule has 98 valence electrons. The van der Waals surface area contributed by atoms with Gasteiger partial charge in [-0.1, -0.05) is 29.8 Å². The summed E-state index contributed by atoms with van der Waals surface area (Å²) in [4.78, 5) is 9.41. The van der Waals surface area contributed by atoms with Gasteiger partial charge in [0, 0.05) is 37.2 Å². The molecule has 0 radical (unpaired) electrons. The lowest BCUT2D eigenvalue weighted by molar-refractivity contribution is 0.615. The number of nitrogens with one attached hydrogen (secondary N) is 1. The van der Waals surface area contributed by atoms with Crippen molar-refractivity contribution in [2.24, 2.45) is 0 Å². The van der Waals surface area contributed by atoms with Crippen LogP contribution in [0.4, 0.5) is 0 Å². The van der Waals surface area contributed by atoms with Gasteiger partial charge in [-0.3, -0.25) is 0 Å². The molecular weight excluding hydrogens is 234 g/mol. The fourth-order valence-electron chi connectivity index (χ4n) is 2.66. The Balaban J connectivity index is 1.91. The highest BCUT2D eigenvalue weighted by Gasteiger charge is 2.15. The van der Waals surface area contributed by atoms with Gasteiger partial charge in [-0.2, -0.15) is 0 Å². The minimum Gasteiger partial charge on any atom is -0.312 e. The van der Waals surface area contributed by atoms with Gasteiger partial charge in [-0.15, -0.1) is 0 Å². The summed E-state index contributed by atoms with van der Waals surface area (Å²) in [5, 5.41) is 3.38. The lowest BCUT2D eigenvalue weighted by Gasteiger charge is -2.18. The molecule has 2 heterocycles. The van der Waals surface area contributed by atoms with Crippen molar-refractivity contribution in [2.45, 2.75) is 33.2 Å². The van der Waals surface area contributed by atoms with Gasteiger partial charge in [0.15, 0.2) is 0 Å². The first-order valence-electron chi connectivity index (χ1n) is 6.84. The molecule has 0 aliphatic carbocycles. The molecule has 0 saturated heterocycles. The topological polar surface area (TPSA) is 37.8 Å². The van der Waals surface area contributed by atoms with Crippen molar-refractivity contribution in [3.05, 3.63) is 58.2 Å². The SMILES string of the molecule is Cc1cccc(Cc2nc(C)c3c(n2)CCNC3)c1. The average molecular weight is 253 g/mol. The quantitative estimate of drug-likeness (QED) is 0.892. The summed E-state index contributed by atoms with van der Waals surface area (Å²) in [5.41, 5.74) is 6.22. The molecule has 0 amide bonds. The number of aryl methyl sites for hydroxylation is 2. The Morgan fingerprint density at radius 1 is 1.21 bits per heavy atom. The van der Waals surface area contributed by atoms with Gasteiger partial charge in [-0.05, 0) is 19.4 Å². The van der Waals surface area contributed by atoms with E-state index in [1.807, 2.05) is 0 Å². The summed E-state index contributed by atoms with van der Waals surface area (Å²) >= 11 is 0. The Morgan fingerprint density at radius 2 is 2.11 bits per heavy atom. The largest absolute Gasteiger partial charge is 0.312 e. The van der Waals surface area contributed by atoms with Crippen molar-refractivity contribution >= 4 is 0 Å². The first-order valence-corrected chi connectivity index (χ1v) is 6.84. The Kier molecular flexibility index (Phi) is 3.30. The van der Waals surface area contributed by atoms with Gasteiger partial charge in [0.05, 0.1) is 5.69 Å². The van der Waals surface area contributed by atoms with Gasteiger partial charge in [-0.25, -0.2) is 9.97 Å². The Morgan fingerprint density at radius 3 is 2.95 bits per heavy atom. The summed E-state index contributed by atoms with van der Waals surface area (Å²) < 4.78 is 0. The average Bonchev–Trinajstić information content (AvgIpc) is 2.39. The van der Waals surface area contributed by atoms with E-state index in [2.05, 4.69) is 48.4 Å². The maximum absolute atomic E-state index is 4.75. The summed E-state index contributed by atoms with van der Waals surface area (Å²) in [6, 6.07) is 8.57. The zero-order chi connectivity index (χ0) is 13.2. The lowest BCUT2D eigenvalue weighted by atomic mass is 10.0. The molecule has 0 bridgehead atoms. The number of aromatic nitrogens is 2.